The van der Waals surface area contributed by atoms with Crippen molar-refractivity contribution in [2.45, 2.75) is 0 Å². The zero-order valence-corrected chi connectivity index (χ0v) is 7.74. The Labute approximate surface area is 81.4 Å². The van der Waals surface area contributed by atoms with E-state index >= 15 is 0 Å². The highest BCUT2D eigenvalue weighted by molar-refractivity contribution is 6.42. The zero-order valence-electron chi connectivity index (χ0n) is 7.23. The first kappa shape index (κ1) is 7.90. The summed E-state index contributed by atoms with van der Waals surface area (Å²) in [4.78, 5) is 11.0. The Balaban J connectivity index is 3.20. The molecule has 1 rings (SSSR count). The lowest BCUT2D eigenvalue weighted by atomic mass is 10.2. The fourth-order valence-corrected chi connectivity index (χ4v) is 0.969. The van der Waals surface area contributed by atoms with E-state index < -0.39 is 5.97 Å². The van der Waals surface area contributed by atoms with Crippen molar-refractivity contribution < 1.29 is 10.9 Å². The van der Waals surface area contributed by atoms with E-state index in [1.54, 1.807) is 0 Å². The van der Waals surface area contributed by atoms with E-state index in [0.29, 0.717) is 0 Å². The molecule has 1 aromatic carbocycles. The van der Waals surface area contributed by atoms with Crippen LogP contribution >= 0.6 is 23.2 Å². The van der Waals surface area contributed by atoms with Gasteiger partial charge in [-0.2, -0.15) is 0 Å². The second-order valence-electron chi connectivity index (χ2n) is 2.04. The van der Waals surface area contributed by atoms with Crippen LogP contribution in [0.4, 0.5) is 0 Å². The molecule has 0 N–H and O–H groups in total. The van der Waals surface area contributed by atoms with Crippen molar-refractivity contribution in [2.24, 2.45) is 0 Å². The lowest BCUT2D eigenvalue weighted by molar-refractivity contribution is 0.0601. The van der Waals surface area contributed by atoms with Gasteiger partial charge in [0.2, 0.25) is 0 Å². The zero-order chi connectivity index (χ0) is 10.0. The summed E-state index contributed by atoms with van der Waals surface area (Å²) >= 11 is 11.3. The summed E-state index contributed by atoms with van der Waals surface area (Å²) in [6.07, 6.45) is 0. The van der Waals surface area contributed by atoms with E-state index in [0.717, 1.165) is 0 Å². The Bertz CT molecular complexity index is 329. The molecule has 2 nitrogen and oxygen atoms in total. The fraction of sp³-hybridized carbons (Fsp3) is 0.125. The minimum absolute atomic E-state index is 0.00886. The minimum Gasteiger partial charge on any atom is -0.465 e. The van der Waals surface area contributed by atoms with Crippen LogP contribution in [-0.2, 0) is 4.74 Å². The fourth-order valence-electron chi connectivity index (χ4n) is 0.687. The number of benzene rings is 1. The monoisotopic (exact) mass is 205 g/mol. The van der Waals surface area contributed by atoms with E-state index in [9.17, 15) is 4.79 Å². The molecule has 0 amide bonds. The highest BCUT2D eigenvalue weighted by Crippen LogP contribution is 2.22. The Morgan fingerprint density at radius 1 is 1.58 bits per heavy atom. The predicted octanol–water partition coefficient (Wildman–Crippen LogP) is 2.78. The van der Waals surface area contributed by atoms with Crippen molar-refractivity contribution in [3.05, 3.63) is 33.8 Å². The maximum absolute atomic E-state index is 11.0. The first-order chi connectivity index (χ1) is 6.06. The van der Waals surface area contributed by atoms with Crippen LogP contribution in [0.5, 0.6) is 0 Å². The number of halogens is 2. The molecule has 0 heterocycles. The molecule has 0 spiro atoms. The summed E-state index contributed by atoms with van der Waals surface area (Å²) in [6.45, 7) is 0. The van der Waals surface area contributed by atoms with Crippen LogP contribution in [0.15, 0.2) is 18.2 Å². The molecule has 0 bridgehead atoms. The Morgan fingerprint density at radius 3 is 2.75 bits per heavy atom. The summed E-state index contributed by atoms with van der Waals surface area (Å²) in [7, 11) is 1.26. The van der Waals surface area contributed by atoms with Crippen molar-refractivity contribution >= 4 is 29.2 Å². The van der Waals surface area contributed by atoms with Gasteiger partial charge >= 0.3 is 5.97 Å². The lowest BCUT2D eigenvalue weighted by Crippen LogP contribution is -2.00. The van der Waals surface area contributed by atoms with Crippen LogP contribution in [-0.4, -0.2) is 13.1 Å². The molecule has 0 radical (unpaired) electrons. The van der Waals surface area contributed by atoms with Gasteiger partial charge in [0.25, 0.3) is 0 Å². The van der Waals surface area contributed by atoms with Gasteiger partial charge in [-0.15, -0.1) is 0 Å². The second-order valence-corrected chi connectivity index (χ2v) is 2.83. The number of carbonyl (C=O) groups excluding carboxylic acids is 1. The van der Waals surface area contributed by atoms with Crippen molar-refractivity contribution in [3.8, 4) is 0 Å². The van der Waals surface area contributed by atoms with Crippen LogP contribution in [0, 0.1) is 0 Å². The molecule has 12 heavy (non-hydrogen) atoms. The van der Waals surface area contributed by atoms with E-state index in [4.69, 9.17) is 24.6 Å². The van der Waals surface area contributed by atoms with Gasteiger partial charge in [0.05, 0.1) is 24.1 Å². The molecular formula is C8H6Cl2O2. The van der Waals surface area contributed by atoms with E-state index in [2.05, 4.69) is 4.74 Å². The molecule has 0 saturated carbocycles. The van der Waals surface area contributed by atoms with Crippen LogP contribution in [0.3, 0.4) is 0 Å². The first-order valence-corrected chi connectivity index (χ1v) is 3.86. The Morgan fingerprint density at radius 2 is 2.25 bits per heavy atom. The van der Waals surface area contributed by atoms with E-state index in [1.807, 2.05) is 0 Å². The van der Waals surface area contributed by atoms with Gasteiger partial charge < -0.3 is 4.74 Å². The molecule has 0 aliphatic heterocycles. The van der Waals surface area contributed by atoms with Crippen molar-refractivity contribution in [1.29, 1.82) is 0 Å². The van der Waals surface area contributed by atoms with Gasteiger partial charge in [0.1, 0.15) is 0 Å². The lowest BCUT2D eigenvalue weighted by Gasteiger charge is -1.99. The quantitative estimate of drug-likeness (QED) is 0.660. The normalized spacial score (nSPS) is 10.8. The van der Waals surface area contributed by atoms with Crippen LogP contribution in [0.1, 0.15) is 11.7 Å². The third-order valence-corrected chi connectivity index (χ3v) is 1.97. The predicted molar refractivity (Wildman–Crippen MR) is 47.8 cm³/mol. The van der Waals surface area contributed by atoms with Gasteiger partial charge in [-0.25, -0.2) is 4.79 Å². The molecule has 64 valence electrons. The molecule has 0 unspecified atom stereocenters. The number of carbonyl (C=O) groups is 1. The second kappa shape index (κ2) is 3.78. The minimum atomic E-state index is -0.535. The van der Waals surface area contributed by atoms with Gasteiger partial charge in [0.15, 0.2) is 0 Å². The van der Waals surface area contributed by atoms with E-state index in [-0.39, 0.29) is 21.7 Å². The summed E-state index contributed by atoms with van der Waals surface area (Å²) in [5.74, 6) is -0.535. The molecule has 0 atom stereocenters. The summed E-state index contributed by atoms with van der Waals surface area (Å²) < 4.78 is 11.8. The number of methoxy groups -OCH3 is 1. The first-order valence-electron chi connectivity index (χ1n) is 3.60. The van der Waals surface area contributed by atoms with Gasteiger partial charge in [0, 0.05) is 0 Å². The topological polar surface area (TPSA) is 26.3 Å². The third-order valence-electron chi connectivity index (χ3n) is 1.27. The van der Waals surface area contributed by atoms with Crippen molar-refractivity contribution in [1.82, 2.24) is 0 Å². The van der Waals surface area contributed by atoms with Crippen LogP contribution in [0.2, 0.25) is 10.0 Å². The highest BCUT2D eigenvalue weighted by Gasteiger charge is 2.06. The Kier molecular flexibility index (Phi) is 2.49. The molecule has 0 aromatic heterocycles. The third kappa shape index (κ3) is 1.90. The number of esters is 1. The molecule has 1 aromatic rings. The molecular weight excluding hydrogens is 199 g/mol. The number of hydrogen-bond donors (Lipinski definition) is 0. The van der Waals surface area contributed by atoms with Gasteiger partial charge in [-0.05, 0) is 18.2 Å². The van der Waals surface area contributed by atoms with Gasteiger partial charge in [-0.1, -0.05) is 23.2 Å². The number of rotatable bonds is 1. The van der Waals surface area contributed by atoms with Crippen LogP contribution < -0.4 is 0 Å². The largest absolute Gasteiger partial charge is 0.465 e. The van der Waals surface area contributed by atoms with E-state index in [1.165, 1.54) is 19.2 Å². The molecule has 0 aliphatic carbocycles. The Hall–Kier alpha value is -0.730. The number of hydrogen-bond acceptors (Lipinski definition) is 2. The van der Waals surface area contributed by atoms with Crippen molar-refractivity contribution in [3.63, 3.8) is 0 Å². The average Bonchev–Trinajstić information content (AvgIpc) is 2.12. The summed E-state index contributed by atoms with van der Waals surface area (Å²) in [5, 5.41) is 0.309. The smallest absolute Gasteiger partial charge is 0.337 e. The maximum Gasteiger partial charge on any atom is 0.337 e. The van der Waals surface area contributed by atoms with Crippen molar-refractivity contribution in [2.75, 3.05) is 7.11 Å². The SMILES string of the molecule is [2H]c1cc(C(=O)OC)cc(Cl)c1Cl. The molecule has 0 aliphatic rings. The summed E-state index contributed by atoms with van der Waals surface area (Å²) in [6, 6.07) is 2.68. The van der Waals surface area contributed by atoms with Crippen LogP contribution in [0.25, 0.3) is 0 Å². The highest BCUT2D eigenvalue weighted by atomic mass is 35.5. The maximum atomic E-state index is 11.0. The molecule has 4 heteroatoms. The van der Waals surface area contributed by atoms with Gasteiger partial charge in [-0.3, -0.25) is 0 Å². The molecule has 0 saturated heterocycles. The number of ether oxygens (including phenoxy) is 1. The average molecular weight is 206 g/mol. The molecule has 0 fully saturated rings. The summed E-state index contributed by atoms with van der Waals surface area (Å²) in [5.41, 5.74) is 0.224. The standard InChI is InChI=1S/C8H6Cl2O2/c1-12-8(11)5-2-3-6(9)7(10)4-5/h2-4H,1H3/i3D.